The molecule has 0 saturated carbocycles. The van der Waals surface area contributed by atoms with Crippen LogP contribution in [0.15, 0.2) is 22.7 Å². The maximum Gasteiger partial charge on any atom is 0.161 e. The smallest absolute Gasteiger partial charge is 0.161 e. The Morgan fingerprint density at radius 3 is 2.38 bits per heavy atom. The molecule has 0 aliphatic heterocycles. The highest BCUT2D eigenvalue weighted by atomic mass is 79.9. The molecule has 5 nitrogen and oxygen atoms in total. The van der Waals surface area contributed by atoms with Gasteiger partial charge in [-0.25, -0.2) is 0 Å². The summed E-state index contributed by atoms with van der Waals surface area (Å²) in [7, 11) is 5.03. The van der Waals surface area contributed by atoms with E-state index in [1.807, 2.05) is 20.0 Å². The van der Waals surface area contributed by atoms with Crippen LogP contribution in [-0.4, -0.2) is 29.1 Å². The topological polar surface area (TPSA) is 56.5 Å². The summed E-state index contributed by atoms with van der Waals surface area (Å²) in [6, 6.07) is 5.56. The van der Waals surface area contributed by atoms with Gasteiger partial charge >= 0.3 is 0 Å². The molecule has 0 spiro atoms. The van der Waals surface area contributed by atoms with Gasteiger partial charge in [0.1, 0.15) is 0 Å². The van der Waals surface area contributed by atoms with Gasteiger partial charge in [0.2, 0.25) is 0 Å². The van der Waals surface area contributed by atoms with Crippen LogP contribution in [0.1, 0.15) is 23.1 Å². The molecule has 0 aliphatic carbocycles. The van der Waals surface area contributed by atoms with Crippen LogP contribution in [0.3, 0.4) is 0 Å². The van der Waals surface area contributed by atoms with E-state index < -0.39 is 6.10 Å². The first-order chi connectivity index (χ1) is 9.96. The highest BCUT2D eigenvalue weighted by Gasteiger charge is 2.18. The molecular weight excluding hydrogens is 336 g/mol. The number of ether oxygens (including phenoxy) is 2. The van der Waals surface area contributed by atoms with Gasteiger partial charge in [-0.2, -0.15) is 5.10 Å². The van der Waals surface area contributed by atoms with E-state index in [0.29, 0.717) is 17.9 Å². The highest BCUT2D eigenvalue weighted by Crippen LogP contribution is 2.36. The summed E-state index contributed by atoms with van der Waals surface area (Å²) >= 11 is 3.47. The quantitative estimate of drug-likeness (QED) is 0.896. The van der Waals surface area contributed by atoms with Crippen LogP contribution in [0.5, 0.6) is 11.5 Å². The summed E-state index contributed by atoms with van der Waals surface area (Å²) < 4.78 is 13.1. The minimum Gasteiger partial charge on any atom is -0.493 e. The Morgan fingerprint density at radius 1 is 1.24 bits per heavy atom. The fourth-order valence-corrected chi connectivity index (χ4v) is 2.88. The van der Waals surface area contributed by atoms with Crippen LogP contribution in [0, 0.1) is 6.92 Å². The predicted octanol–water partition coefficient (Wildman–Crippen LogP) is 2.78. The lowest BCUT2D eigenvalue weighted by atomic mass is 10.0. The van der Waals surface area contributed by atoms with E-state index in [1.54, 1.807) is 31.0 Å². The third-order valence-corrected chi connectivity index (χ3v) is 4.05. The molecule has 1 N–H and O–H groups in total. The molecule has 1 aromatic heterocycles. The van der Waals surface area contributed by atoms with Crippen molar-refractivity contribution in [3.8, 4) is 11.5 Å². The van der Waals surface area contributed by atoms with Gasteiger partial charge in [0.05, 0.1) is 26.0 Å². The maximum atomic E-state index is 10.5. The van der Waals surface area contributed by atoms with Crippen molar-refractivity contribution in [2.24, 2.45) is 7.05 Å². The van der Waals surface area contributed by atoms with Gasteiger partial charge in [0.15, 0.2) is 11.5 Å². The van der Waals surface area contributed by atoms with Gasteiger partial charge in [-0.05, 0) is 30.7 Å². The summed E-state index contributed by atoms with van der Waals surface area (Å²) in [5.41, 5.74) is 2.67. The molecule has 114 valence electrons. The molecule has 0 amide bonds. The SMILES string of the molecule is COc1cc(Br)c(C(O)Cc2cc(C)nn2C)cc1OC. The van der Waals surface area contributed by atoms with Crippen molar-refractivity contribution in [3.63, 3.8) is 0 Å². The third-order valence-electron chi connectivity index (χ3n) is 3.36. The molecule has 6 heteroatoms. The summed E-state index contributed by atoms with van der Waals surface area (Å²) in [5.74, 6) is 1.22. The molecule has 21 heavy (non-hydrogen) atoms. The number of aliphatic hydroxyl groups excluding tert-OH is 1. The zero-order valence-electron chi connectivity index (χ0n) is 12.6. The molecule has 0 fully saturated rings. The van der Waals surface area contributed by atoms with Crippen molar-refractivity contribution in [1.82, 2.24) is 9.78 Å². The van der Waals surface area contributed by atoms with E-state index in [4.69, 9.17) is 9.47 Å². The van der Waals surface area contributed by atoms with Crippen molar-refractivity contribution in [2.45, 2.75) is 19.4 Å². The van der Waals surface area contributed by atoms with Crippen LogP contribution >= 0.6 is 15.9 Å². The van der Waals surface area contributed by atoms with E-state index in [9.17, 15) is 5.11 Å². The standard InChI is InChI=1S/C15H19BrN2O3/c1-9-5-10(18(2)17-9)6-13(19)11-7-14(20-3)15(21-4)8-12(11)16/h5,7-8,13,19H,6H2,1-4H3. The largest absolute Gasteiger partial charge is 0.493 e. The predicted molar refractivity (Wildman–Crippen MR) is 83.9 cm³/mol. The molecule has 1 heterocycles. The fraction of sp³-hybridized carbons (Fsp3) is 0.400. The van der Waals surface area contributed by atoms with Crippen LogP contribution in [-0.2, 0) is 13.5 Å². The maximum absolute atomic E-state index is 10.5. The van der Waals surface area contributed by atoms with Crippen LogP contribution in [0.25, 0.3) is 0 Å². The van der Waals surface area contributed by atoms with Gasteiger partial charge in [-0.1, -0.05) is 15.9 Å². The van der Waals surface area contributed by atoms with Crippen LogP contribution < -0.4 is 9.47 Å². The van der Waals surface area contributed by atoms with Gasteiger partial charge in [-0.15, -0.1) is 0 Å². The monoisotopic (exact) mass is 354 g/mol. The summed E-state index contributed by atoms with van der Waals surface area (Å²) in [6.45, 7) is 1.93. The van der Waals surface area contributed by atoms with Crippen molar-refractivity contribution in [3.05, 3.63) is 39.6 Å². The highest BCUT2D eigenvalue weighted by molar-refractivity contribution is 9.10. The molecule has 0 saturated heterocycles. The van der Waals surface area contributed by atoms with Crippen molar-refractivity contribution in [1.29, 1.82) is 0 Å². The molecule has 1 aromatic carbocycles. The van der Waals surface area contributed by atoms with E-state index >= 15 is 0 Å². The number of halogens is 1. The van der Waals surface area contributed by atoms with Crippen molar-refractivity contribution in [2.75, 3.05) is 14.2 Å². The average Bonchev–Trinajstić information content (AvgIpc) is 2.76. The van der Waals surface area contributed by atoms with Gasteiger partial charge in [0.25, 0.3) is 0 Å². The van der Waals surface area contributed by atoms with Crippen LogP contribution in [0.4, 0.5) is 0 Å². The molecular formula is C15H19BrN2O3. The Bertz CT molecular complexity index is 640. The second-order valence-electron chi connectivity index (χ2n) is 4.85. The zero-order chi connectivity index (χ0) is 15.6. The number of aliphatic hydroxyl groups is 1. The van der Waals surface area contributed by atoms with Crippen LogP contribution in [0.2, 0.25) is 0 Å². The first kappa shape index (κ1) is 15.9. The normalized spacial score (nSPS) is 12.3. The number of nitrogens with zero attached hydrogens (tertiary/aromatic N) is 2. The van der Waals surface area contributed by atoms with Gasteiger partial charge < -0.3 is 14.6 Å². The second-order valence-corrected chi connectivity index (χ2v) is 5.70. The van der Waals surface area contributed by atoms with E-state index in [-0.39, 0.29) is 0 Å². The molecule has 2 aromatic rings. The minimum atomic E-state index is -0.658. The number of methoxy groups -OCH3 is 2. The lowest BCUT2D eigenvalue weighted by molar-refractivity contribution is 0.174. The lowest BCUT2D eigenvalue weighted by Gasteiger charge is -2.16. The Morgan fingerprint density at radius 2 is 1.86 bits per heavy atom. The Labute approximate surface area is 132 Å². The number of aromatic nitrogens is 2. The van der Waals surface area contributed by atoms with E-state index in [1.165, 1.54) is 0 Å². The minimum absolute atomic E-state index is 0.478. The molecule has 0 aliphatic rings. The number of aryl methyl sites for hydroxylation is 2. The van der Waals surface area contributed by atoms with Crippen molar-refractivity contribution < 1.29 is 14.6 Å². The molecule has 0 radical (unpaired) electrons. The second kappa shape index (κ2) is 6.49. The van der Waals surface area contributed by atoms with Gasteiger partial charge in [0, 0.05) is 23.6 Å². The molecule has 2 rings (SSSR count). The Balaban J connectivity index is 2.30. The first-order valence-corrected chi connectivity index (χ1v) is 7.34. The van der Waals surface area contributed by atoms with E-state index in [0.717, 1.165) is 21.4 Å². The first-order valence-electron chi connectivity index (χ1n) is 6.55. The number of benzene rings is 1. The summed E-state index contributed by atoms with van der Waals surface area (Å²) in [4.78, 5) is 0. The summed E-state index contributed by atoms with van der Waals surface area (Å²) in [5, 5.41) is 14.8. The number of rotatable bonds is 5. The van der Waals surface area contributed by atoms with E-state index in [2.05, 4.69) is 21.0 Å². The lowest BCUT2D eigenvalue weighted by Crippen LogP contribution is -2.07. The number of hydrogen-bond acceptors (Lipinski definition) is 4. The summed E-state index contributed by atoms with van der Waals surface area (Å²) in [6.07, 6.45) is -0.181. The zero-order valence-corrected chi connectivity index (χ0v) is 14.1. The fourth-order valence-electron chi connectivity index (χ4n) is 2.29. The Kier molecular flexibility index (Phi) is 4.90. The average molecular weight is 355 g/mol. The number of hydrogen-bond donors (Lipinski definition) is 1. The third kappa shape index (κ3) is 3.39. The van der Waals surface area contributed by atoms with Crippen molar-refractivity contribution >= 4 is 15.9 Å². The molecule has 1 unspecified atom stereocenters. The Hall–Kier alpha value is -1.53. The van der Waals surface area contributed by atoms with Gasteiger partial charge in [-0.3, -0.25) is 4.68 Å². The molecule has 0 bridgehead atoms. The molecule has 1 atom stereocenters.